The van der Waals surface area contributed by atoms with Crippen LogP contribution in [-0.2, 0) is 6.54 Å². The molecule has 0 radical (unpaired) electrons. The molecule has 1 heterocycles. The van der Waals surface area contributed by atoms with Crippen molar-refractivity contribution in [2.45, 2.75) is 20.4 Å². The maximum absolute atomic E-state index is 11.9. The lowest BCUT2D eigenvalue weighted by molar-refractivity contribution is 0.0951. The van der Waals surface area contributed by atoms with Crippen LogP contribution in [0.4, 0.5) is 0 Å². The topological polar surface area (TPSA) is 49.3 Å². The van der Waals surface area contributed by atoms with Crippen molar-refractivity contribution in [3.8, 4) is 5.75 Å². The molecule has 2 rings (SSSR count). The first-order chi connectivity index (χ1) is 8.97. The van der Waals surface area contributed by atoms with Gasteiger partial charge in [-0.1, -0.05) is 11.6 Å². The van der Waals surface area contributed by atoms with Crippen LogP contribution in [0.2, 0.25) is 5.02 Å². The summed E-state index contributed by atoms with van der Waals surface area (Å²) in [5.74, 6) is -0.228. The van der Waals surface area contributed by atoms with E-state index in [4.69, 9.17) is 11.6 Å². The Bertz CT molecular complexity index is 602. The Morgan fingerprint density at radius 1 is 1.37 bits per heavy atom. The van der Waals surface area contributed by atoms with Gasteiger partial charge in [0, 0.05) is 15.3 Å². The monoisotopic (exact) mass is 295 g/mol. The molecule has 2 aromatic rings. The second-order valence-corrected chi connectivity index (χ2v) is 6.05. The first-order valence-corrected chi connectivity index (χ1v) is 6.99. The van der Waals surface area contributed by atoms with Gasteiger partial charge in [-0.05, 0) is 43.7 Å². The second-order valence-electron chi connectivity index (χ2n) is 4.30. The molecule has 2 N–H and O–H groups in total. The van der Waals surface area contributed by atoms with Crippen LogP contribution in [0.15, 0.2) is 24.3 Å². The van der Waals surface area contributed by atoms with Crippen molar-refractivity contribution in [2.24, 2.45) is 0 Å². The molecule has 0 saturated heterocycles. The SMILES string of the molecule is Cc1cc(CNC(=O)c2ccc(O)c(Cl)c2)sc1C. The Hall–Kier alpha value is -1.52. The molecule has 5 heteroatoms. The minimum Gasteiger partial charge on any atom is -0.506 e. The van der Waals surface area contributed by atoms with Crippen molar-refractivity contribution in [3.05, 3.63) is 50.2 Å². The van der Waals surface area contributed by atoms with Gasteiger partial charge in [-0.15, -0.1) is 11.3 Å². The Kier molecular flexibility index (Phi) is 4.12. The minimum atomic E-state index is -0.203. The number of hydrogen-bond acceptors (Lipinski definition) is 3. The number of carbonyl (C=O) groups excluding carboxylic acids is 1. The van der Waals surface area contributed by atoms with E-state index in [9.17, 15) is 9.90 Å². The van der Waals surface area contributed by atoms with E-state index < -0.39 is 0 Å². The smallest absolute Gasteiger partial charge is 0.251 e. The van der Waals surface area contributed by atoms with Gasteiger partial charge in [-0.2, -0.15) is 0 Å². The van der Waals surface area contributed by atoms with Crippen LogP contribution in [0.3, 0.4) is 0 Å². The van der Waals surface area contributed by atoms with Crippen LogP contribution in [0.5, 0.6) is 5.75 Å². The third-order valence-corrected chi connectivity index (χ3v) is 4.31. The Balaban J connectivity index is 2.03. The van der Waals surface area contributed by atoms with Gasteiger partial charge in [0.25, 0.3) is 5.91 Å². The summed E-state index contributed by atoms with van der Waals surface area (Å²) in [5, 5.41) is 12.3. The molecule has 0 spiro atoms. The molecule has 0 atom stereocenters. The van der Waals surface area contributed by atoms with E-state index in [1.165, 1.54) is 22.6 Å². The van der Waals surface area contributed by atoms with E-state index in [0.717, 1.165) is 4.88 Å². The first kappa shape index (κ1) is 13.9. The Morgan fingerprint density at radius 2 is 2.11 bits per heavy atom. The highest BCUT2D eigenvalue weighted by atomic mass is 35.5. The van der Waals surface area contributed by atoms with Crippen LogP contribution in [0.1, 0.15) is 25.7 Å². The molecule has 1 amide bonds. The summed E-state index contributed by atoms with van der Waals surface area (Å²) >= 11 is 7.45. The summed E-state index contributed by atoms with van der Waals surface area (Å²) in [6.07, 6.45) is 0. The van der Waals surface area contributed by atoms with E-state index in [1.54, 1.807) is 17.4 Å². The lowest BCUT2D eigenvalue weighted by Crippen LogP contribution is -2.22. The number of aryl methyl sites for hydroxylation is 2. The molecular formula is C14H14ClNO2S. The molecule has 0 unspecified atom stereocenters. The second kappa shape index (κ2) is 5.63. The predicted octanol–water partition coefficient (Wildman–Crippen LogP) is 3.65. The molecule has 3 nitrogen and oxygen atoms in total. The van der Waals surface area contributed by atoms with E-state index >= 15 is 0 Å². The van der Waals surface area contributed by atoms with Crippen molar-refractivity contribution in [3.63, 3.8) is 0 Å². The van der Waals surface area contributed by atoms with Crippen LogP contribution in [0.25, 0.3) is 0 Å². The fourth-order valence-corrected chi connectivity index (χ4v) is 2.83. The summed E-state index contributed by atoms with van der Waals surface area (Å²) in [4.78, 5) is 14.3. The number of phenolic OH excluding ortho intramolecular Hbond substituents is 1. The lowest BCUT2D eigenvalue weighted by atomic mass is 10.2. The zero-order valence-corrected chi connectivity index (χ0v) is 12.2. The molecule has 0 saturated carbocycles. The molecule has 0 bridgehead atoms. The molecule has 0 fully saturated rings. The number of aromatic hydroxyl groups is 1. The predicted molar refractivity (Wildman–Crippen MR) is 78.1 cm³/mol. The van der Waals surface area contributed by atoms with Crippen LogP contribution in [-0.4, -0.2) is 11.0 Å². The summed E-state index contributed by atoms with van der Waals surface area (Å²) in [6, 6.07) is 6.49. The average molecular weight is 296 g/mol. The van der Waals surface area contributed by atoms with Crippen molar-refractivity contribution in [1.29, 1.82) is 0 Å². The number of nitrogens with one attached hydrogen (secondary N) is 1. The van der Waals surface area contributed by atoms with Crippen molar-refractivity contribution in [1.82, 2.24) is 5.32 Å². The highest BCUT2D eigenvalue weighted by molar-refractivity contribution is 7.12. The van der Waals surface area contributed by atoms with Gasteiger partial charge in [0.15, 0.2) is 0 Å². The summed E-state index contributed by atoms with van der Waals surface area (Å²) in [7, 11) is 0. The molecular weight excluding hydrogens is 282 g/mol. The zero-order chi connectivity index (χ0) is 14.0. The quantitative estimate of drug-likeness (QED) is 0.908. The lowest BCUT2D eigenvalue weighted by Gasteiger charge is -2.05. The number of carbonyl (C=O) groups is 1. The van der Waals surface area contributed by atoms with Gasteiger partial charge < -0.3 is 10.4 Å². The third-order valence-electron chi connectivity index (χ3n) is 2.85. The number of halogens is 1. The van der Waals surface area contributed by atoms with E-state index in [-0.39, 0.29) is 16.7 Å². The van der Waals surface area contributed by atoms with Gasteiger partial charge in [-0.25, -0.2) is 0 Å². The number of phenols is 1. The van der Waals surface area contributed by atoms with Crippen molar-refractivity contribution in [2.75, 3.05) is 0 Å². The normalized spacial score (nSPS) is 10.5. The van der Waals surface area contributed by atoms with Crippen LogP contribution < -0.4 is 5.32 Å². The van der Waals surface area contributed by atoms with Gasteiger partial charge in [-0.3, -0.25) is 4.79 Å². The molecule has 0 aliphatic rings. The average Bonchev–Trinajstić information content (AvgIpc) is 2.69. The molecule has 1 aromatic heterocycles. The fourth-order valence-electron chi connectivity index (χ4n) is 1.65. The highest BCUT2D eigenvalue weighted by Crippen LogP contribution is 2.24. The first-order valence-electron chi connectivity index (χ1n) is 5.80. The number of amides is 1. The number of thiophene rings is 1. The summed E-state index contributed by atoms with van der Waals surface area (Å²) in [6.45, 7) is 4.61. The minimum absolute atomic E-state index is 0.0253. The summed E-state index contributed by atoms with van der Waals surface area (Å²) < 4.78 is 0. The van der Waals surface area contributed by atoms with Crippen LogP contribution in [0, 0.1) is 13.8 Å². The highest BCUT2D eigenvalue weighted by Gasteiger charge is 2.09. The number of benzene rings is 1. The zero-order valence-electron chi connectivity index (χ0n) is 10.7. The van der Waals surface area contributed by atoms with E-state index in [0.29, 0.717) is 12.1 Å². The van der Waals surface area contributed by atoms with Gasteiger partial charge in [0.2, 0.25) is 0 Å². The molecule has 100 valence electrons. The van der Waals surface area contributed by atoms with Crippen molar-refractivity contribution >= 4 is 28.8 Å². The molecule has 19 heavy (non-hydrogen) atoms. The Morgan fingerprint density at radius 3 is 2.68 bits per heavy atom. The van der Waals surface area contributed by atoms with E-state index in [1.807, 2.05) is 0 Å². The number of hydrogen-bond donors (Lipinski definition) is 2. The number of rotatable bonds is 3. The largest absolute Gasteiger partial charge is 0.506 e. The third kappa shape index (κ3) is 3.28. The standard InChI is InChI=1S/C14H14ClNO2S/c1-8-5-11(19-9(8)2)7-16-14(18)10-3-4-13(17)12(15)6-10/h3-6,17H,7H2,1-2H3,(H,16,18). The fraction of sp³-hybridized carbons (Fsp3) is 0.214. The van der Waals surface area contributed by atoms with E-state index in [2.05, 4.69) is 25.2 Å². The van der Waals surface area contributed by atoms with Crippen LogP contribution >= 0.6 is 22.9 Å². The van der Waals surface area contributed by atoms with Crippen molar-refractivity contribution < 1.29 is 9.90 Å². The Labute approximate surface area is 120 Å². The summed E-state index contributed by atoms with van der Waals surface area (Å²) in [5.41, 5.74) is 1.68. The maximum atomic E-state index is 11.9. The molecule has 0 aliphatic carbocycles. The van der Waals surface area contributed by atoms with Gasteiger partial charge in [0.1, 0.15) is 5.75 Å². The molecule has 0 aliphatic heterocycles. The maximum Gasteiger partial charge on any atom is 0.251 e. The van der Waals surface area contributed by atoms with Gasteiger partial charge in [0.05, 0.1) is 11.6 Å². The molecule has 1 aromatic carbocycles. The van der Waals surface area contributed by atoms with Gasteiger partial charge >= 0.3 is 0 Å².